The van der Waals surface area contributed by atoms with Gasteiger partial charge in [0.2, 0.25) is 0 Å². The highest BCUT2D eigenvalue weighted by Crippen LogP contribution is 2.10. The molecule has 0 aliphatic heterocycles. The highest BCUT2D eigenvalue weighted by Gasteiger charge is 2.06. The Morgan fingerprint density at radius 3 is 2.40 bits per heavy atom. The predicted octanol–water partition coefficient (Wildman–Crippen LogP) is 0.589. The number of primary amides is 1. The minimum Gasteiger partial charge on any atom is -0.365 e. The third-order valence-corrected chi connectivity index (χ3v) is 1.52. The van der Waals surface area contributed by atoms with Crippen LogP contribution in [-0.4, -0.2) is 5.91 Å². The summed E-state index contributed by atoms with van der Waals surface area (Å²) in [4.78, 5) is 10.9. The molecule has 4 heteroatoms. The summed E-state index contributed by atoms with van der Waals surface area (Å²) in [6.07, 6.45) is 0.551. The molecule has 0 aromatic carbocycles. The van der Waals surface area contributed by atoms with Crippen LogP contribution in [0.5, 0.6) is 0 Å². The van der Waals surface area contributed by atoms with Crippen molar-refractivity contribution in [3.8, 4) is 6.07 Å². The van der Waals surface area contributed by atoms with Crippen LogP contribution in [-0.2, 0) is 4.79 Å². The Hall–Kier alpha value is -0.950. The lowest BCUT2D eigenvalue weighted by Gasteiger charge is -1.94. The zero-order valence-corrected chi connectivity index (χ0v) is 6.48. The molecule has 0 spiro atoms. The number of nitriles is 1. The van der Waals surface area contributed by atoms with Crippen LogP contribution in [0, 0.1) is 11.3 Å². The fourth-order valence-corrected chi connectivity index (χ4v) is 0.599. The van der Waals surface area contributed by atoms with Gasteiger partial charge in [0.05, 0.1) is 0 Å². The van der Waals surface area contributed by atoms with Gasteiger partial charge in [-0.25, -0.2) is 0 Å². The molecule has 0 aliphatic rings. The van der Waals surface area contributed by atoms with Crippen LogP contribution in [0.4, 0.5) is 0 Å². The van der Waals surface area contributed by atoms with Gasteiger partial charge < -0.3 is 5.73 Å². The van der Waals surface area contributed by atoms with E-state index in [1.807, 2.05) is 0 Å². The van der Waals surface area contributed by atoms with Crippen LogP contribution in [0.1, 0.15) is 13.3 Å². The van der Waals surface area contributed by atoms with Crippen molar-refractivity contribution in [1.29, 1.82) is 5.26 Å². The SMILES string of the molecule is CC/C(S)=C(/C#N)C(N)=O. The van der Waals surface area contributed by atoms with E-state index in [4.69, 9.17) is 11.0 Å². The van der Waals surface area contributed by atoms with Gasteiger partial charge in [-0.1, -0.05) is 6.92 Å². The molecule has 0 rings (SSSR count). The number of hydrogen-bond donors (Lipinski definition) is 2. The number of amides is 1. The quantitative estimate of drug-likeness (QED) is 0.349. The van der Waals surface area contributed by atoms with E-state index in [0.29, 0.717) is 11.3 Å². The monoisotopic (exact) mass is 156 g/mol. The molecule has 0 heterocycles. The Morgan fingerprint density at radius 1 is 1.80 bits per heavy atom. The molecule has 2 N–H and O–H groups in total. The van der Waals surface area contributed by atoms with Crippen LogP contribution < -0.4 is 5.73 Å². The van der Waals surface area contributed by atoms with Crippen molar-refractivity contribution in [2.45, 2.75) is 13.3 Å². The molecule has 0 aromatic rings. The van der Waals surface area contributed by atoms with Crippen LogP contribution in [0.25, 0.3) is 0 Å². The first-order valence-corrected chi connectivity index (χ1v) is 3.20. The Labute approximate surface area is 64.9 Å². The van der Waals surface area contributed by atoms with E-state index in [2.05, 4.69) is 12.6 Å². The third-order valence-electron chi connectivity index (χ3n) is 0.982. The van der Waals surface area contributed by atoms with E-state index >= 15 is 0 Å². The summed E-state index contributed by atoms with van der Waals surface area (Å²) in [5.74, 6) is -0.714. The second kappa shape index (κ2) is 3.96. The second-order valence-electron chi connectivity index (χ2n) is 1.65. The number of nitrogens with zero attached hydrogens (tertiary/aromatic N) is 1. The first-order chi connectivity index (χ1) is 4.63. The summed E-state index contributed by atoms with van der Waals surface area (Å²) in [5, 5.41) is 8.34. The fraction of sp³-hybridized carbons (Fsp3) is 0.333. The summed E-state index contributed by atoms with van der Waals surface area (Å²) < 4.78 is 0. The third kappa shape index (κ3) is 2.11. The zero-order valence-electron chi connectivity index (χ0n) is 5.59. The Morgan fingerprint density at radius 2 is 2.30 bits per heavy atom. The van der Waals surface area contributed by atoms with Gasteiger partial charge in [-0.05, 0) is 6.42 Å². The molecule has 0 radical (unpaired) electrons. The fourth-order valence-electron chi connectivity index (χ4n) is 0.439. The van der Waals surface area contributed by atoms with Crippen LogP contribution in [0.15, 0.2) is 10.5 Å². The number of carbonyl (C=O) groups excluding carboxylic acids is 1. The van der Waals surface area contributed by atoms with Crippen molar-refractivity contribution in [1.82, 2.24) is 0 Å². The van der Waals surface area contributed by atoms with Gasteiger partial charge >= 0.3 is 0 Å². The topological polar surface area (TPSA) is 66.9 Å². The summed E-state index contributed by atoms with van der Waals surface area (Å²) in [6.45, 7) is 1.79. The molecule has 0 fully saturated rings. The molecule has 1 amide bonds. The number of rotatable bonds is 2. The number of carbonyl (C=O) groups is 1. The second-order valence-corrected chi connectivity index (χ2v) is 2.19. The maximum Gasteiger partial charge on any atom is 0.260 e. The molecule has 0 saturated carbocycles. The maximum atomic E-state index is 10.4. The standard InChI is InChI=1S/C6H8N2OS/c1-2-5(10)4(3-7)6(8)9/h10H,2H2,1H3,(H2,8,9)/b5-4+. The largest absolute Gasteiger partial charge is 0.365 e. The van der Waals surface area contributed by atoms with E-state index < -0.39 is 5.91 Å². The molecule has 0 saturated heterocycles. The highest BCUT2D eigenvalue weighted by atomic mass is 32.1. The van der Waals surface area contributed by atoms with E-state index in [-0.39, 0.29) is 5.57 Å². The van der Waals surface area contributed by atoms with Crippen molar-refractivity contribution >= 4 is 18.5 Å². The van der Waals surface area contributed by atoms with Crippen molar-refractivity contribution in [2.75, 3.05) is 0 Å². The van der Waals surface area contributed by atoms with Gasteiger partial charge in [0, 0.05) is 4.91 Å². The average molecular weight is 156 g/mol. The summed E-state index contributed by atoms with van der Waals surface area (Å²) in [5.41, 5.74) is 4.81. The van der Waals surface area contributed by atoms with Gasteiger partial charge in [0.1, 0.15) is 11.6 Å². The van der Waals surface area contributed by atoms with Gasteiger partial charge in [0.15, 0.2) is 0 Å². The molecule has 0 unspecified atom stereocenters. The van der Waals surface area contributed by atoms with E-state index in [9.17, 15) is 4.79 Å². The van der Waals surface area contributed by atoms with Crippen molar-refractivity contribution in [3.63, 3.8) is 0 Å². The Bertz CT molecular complexity index is 214. The van der Waals surface area contributed by atoms with Crippen molar-refractivity contribution in [3.05, 3.63) is 10.5 Å². The lowest BCUT2D eigenvalue weighted by atomic mass is 10.2. The first-order valence-electron chi connectivity index (χ1n) is 2.75. The summed E-state index contributed by atoms with van der Waals surface area (Å²) in [6, 6.07) is 1.68. The van der Waals surface area contributed by atoms with E-state index in [1.165, 1.54) is 0 Å². The molecule has 0 atom stereocenters. The molecule has 0 aromatic heterocycles. The van der Waals surface area contributed by atoms with Crippen LogP contribution in [0.2, 0.25) is 0 Å². The average Bonchev–Trinajstić information content (AvgIpc) is 1.88. The minimum absolute atomic E-state index is 0.0502. The molecule has 0 aliphatic carbocycles. The smallest absolute Gasteiger partial charge is 0.260 e. The summed E-state index contributed by atoms with van der Waals surface area (Å²) >= 11 is 3.90. The normalized spacial score (nSPS) is 11.7. The van der Waals surface area contributed by atoms with Gasteiger partial charge in [-0.15, -0.1) is 12.6 Å². The van der Waals surface area contributed by atoms with Crippen molar-refractivity contribution < 1.29 is 4.79 Å². The highest BCUT2D eigenvalue weighted by molar-refractivity contribution is 7.84. The molecular formula is C6H8N2OS. The number of allylic oxidation sites excluding steroid dienone is 1. The van der Waals surface area contributed by atoms with Gasteiger partial charge in [-0.3, -0.25) is 4.79 Å². The van der Waals surface area contributed by atoms with Crippen LogP contribution in [0.3, 0.4) is 0 Å². The Balaban J connectivity index is 4.68. The molecular weight excluding hydrogens is 148 g/mol. The minimum atomic E-state index is -0.714. The molecule has 3 nitrogen and oxygen atoms in total. The van der Waals surface area contributed by atoms with Gasteiger partial charge in [0.25, 0.3) is 5.91 Å². The number of nitrogens with two attached hydrogens (primary N) is 1. The van der Waals surface area contributed by atoms with E-state index in [1.54, 1.807) is 13.0 Å². The lowest BCUT2D eigenvalue weighted by Crippen LogP contribution is -2.13. The molecule has 54 valence electrons. The summed E-state index contributed by atoms with van der Waals surface area (Å²) in [7, 11) is 0. The van der Waals surface area contributed by atoms with Crippen molar-refractivity contribution in [2.24, 2.45) is 5.73 Å². The van der Waals surface area contributed by atoms with Crippen LogP contribution >= 0.6 is 12.6 Å². The Kier molecular flexibility index (Phi) is 3.59. The maximum absolute atomic E-state index is 10.4. The lowest BCUT2D eigenvalue weighted by molar-refractivity contribution is -0.114. The zero-order chi connectivity index (χ0) is 8.15. The number of thiol groups is 1. The molecule has 0 bridgehead atoms. The predicted molar refractivity (Wildman–Crippen MR) is 41.1 cm³/mol. The van der Waals surface area contributed by atoms with E-state index in [0.717, 1.165) is 0 Å². The first kappa shape index (κ1) is 9.05. The number of hydrogen-bond acceptors (Lipinski definition) is 3. The molecule has 10 heavy (non-hydrogen) atoms. The van der Waals surface area contributed by atoms with Gasteiger partial charge in [-0.2, -0.15) is 5.26 Å².